The Kier molecular flexibility index (Phi) is 17.7. The minimum atomic E-state index is -0.258. The summed E-state index contributed by atoms with van der Waals surface area (Å²) in [4.78, 5) is 57.2. The Morgan fingerprint density at radius 2 is 1.92 bits per heavy atom. The number of nitrogens with one attached hydrogen (secondary N) is 2. The summed E-state index contributed by atoms with van der Waals surface area (Å²) in [5, 5.41) is 5.44. The van der Waals surface area contributed by atoms with E-state index in [0.29, 0.717) is 24.2 Å². The third kappa shape index (κ3) is 13.2. The number of nitrogens with two attached hydrogens (primary N) is 1. The monoisotopic (exact) mass is 520 g/mol. The van der Waals surface area contributed by atoms with Crippen molar-refractivity contribution in [2.75, 3.05) is 46.9 Å². The minimum absolute atomic E-state index is 0.0488. The van der Waals surface area contributed by atoms with Gasteiger partial charge in [0, 0.05) is 44.1 Å². The van der Waals surface area contributed by atoms with Crippen LogP contribution in [0.15, 0.2) is 18.2 Å². The lowest BCUT2D eigenvalue weighted by Gasteiger charge is -2.25. The highest BCUT2D eigenvalue weighted by molar-refractivity contribution is 6.09. The molecule has 1 aromatic carbocycles. The van der Waals surface area contributed by atoms with Gasteiger partial charge in [-0.2, -0.15) is 0 Å². The van der Waals surface area contributed by atoms with Crippen molar-refractivity contribution >= 4 is 29.7 Å². The second-order valence-electron chi connectivity index (χ2n) is 8.91. The largest absolute Gasteiger partial charge is 0.485 e. The molecule has 2 atom stereocenters. The van der Waals surface area contributed by atoms with Crippen LogP contribution in [-0.4, -0.2) is 81.4 Å². The number of rotatable bonds is 12. The summed E-state index contributed by atoms with van der Waals surface area (Å²) in [6.45, 7) is 10.6. The van der Waals surface area contributed by atoms with Crippen LogP contribution in [-0.2, 0) is 14.4 Å². The summed E-state index contributed by atoms with van der Waals surface area (Å²) in [5.74, 6) is 0.0340. The molecule has 1 fully saturated rings. The van der Waals surface area contributed by atoms with E-state index in [9.17, 15) is 24.0 Å². The summed E-state index contributed by atoms with van der Waals surface area (Å²) >= 11 is 0. The number of hydrogen-bond acceptors (Lipinski definition) is 9. The number of amides is 2. The molecule has 0 aliphatic carbocycles. The highest BCUT2D eigenvalue weighted by Gasteiger charge is 2.29. The molecule has 1 heterocycles. The average Bonchev–Trinajstić information content (AvgIpc) is 2.86. The Balaban J connectivity index is 0.000000550. The van der Waals surface area contributed by atoms with Crippen molar-refractivity contribution in [2.24, 2.45) is 17.6 Å². The van der Waals surface area contributed by atoms with Crippen molar-refractivity contribution in [3.63, 3.8) is 0 Å². The van der Waals surface area contributed by atoms with E-state index in [-0.39, 0.29) is 47.2 Å². The number of carbonyl (C=O) groups excluding carboxylic acids is 5. The number of imide groups is 1. The number of nitrogens with zero attached hydrogens (tertiary/aromatic N) is 1. The van der Waals surface area contributed by atoms with Crippen molar-refractivity contribution < 1.29 is 28.7 Å². The molecular weight excluding hydrogens is 476 g/mol. The lowest BCUT2D eigenvalue weighted by atomic mass is 9.85. The molecule has 10 nitrogen and oxygen atoms in total. The van der Waals surface area contributed by atoms with Crippen LogP contribution in [0.4, 0.5) is 0 Å². The first-order valence-corrected chi connectivity index (χ1v) is 12.6. The number of Topliss-reactive ketones (excluding diaryl/α,β-unsaturated/α-hetero) is 2. The van der Waals surface area contributed by atoms with E-state index < -0.39 is 0 Å². The van der Waals surface area contributed by atoms with Crippen LogP contribution in [0.25, 0.3) is 0 Å². The van der Waals surface area contributed by atoms with Gasteiger partial charge in [0.15, 0.2) is 17.9 Å². The first kappa shape index (κ1) is 34.0. The second kappa shape index (κ2) is 19.2. The van der Waals surface area contributed by atoms with Gasteiger partial charge in [0.25, 0.3) is 0 Å². The first-order chi connectivity index (χ1) is 17.5. The zero-order chi connectivity index (χ0) is 28.4. The lowest BCUT2D eigenvalue weighted by molar-refractivity contribution is -0.137. The van der Waals surface area contributed by atoms with E-state index in [1.807, 2.05) is 7.05 Å². The van der Waals surface area contributed by atoms with Crippen LogP contribution in [0.3, 0.4) is 0 Å². The van der Waals surface area contributed by atoms with Crippen molar-refractivity contribution in [3.05, 3.63) is 29.3 Å². The van der Waals surface area contributed by atoms with Crippen LogP contribution in [0, 0.1) is 11.8 Å². The third-order valence-electron chi connectivity index (χ3n) is 5.93. The maximum Gasteiger partial charge on any atom is 0.229 e. The first-order valence-electron chi connectivity index (χ1n) is 12.6. The Morgan fingerprint density at radius 1 is 1.24 bits per heavy atom. The van der Waals surface area contributed by atoms with Gasteiger partial charge in [-0.3, -0.25) is 29.3 Å². The maximum atomic E-state index is 11.4. The third-order valence-corrected chi connectivity index (χ3v) is 5.93. The summed E-state index contributed by atoms with van der Waals surface area (Å²) in [6.07, 6.45) is 2.80. The molecule has 37 heavy (non-hydrogen) atoms. The molecule has 0 bridgehead atoms. The van der Waals surface area contributed by atoms with E-state index >= 15 is 0 Å². The number of aldehydes is 1. The van der Waals surface area contributed by atoms with Gasteiger partial charge in [-0.15, -0.1) is 0 Å². The van der Waals surface area contributed by atoms with Gasteiger partial charge in [0.1, 0.15) is 12.4 Å². The predicted molar refractivity (Wildman–Crippen MR) is 144 cm³/mol. The van der Waals surface area contributed by atoms with Crippen LogP contribution >= 0.6 is 0 Å². The number of ether oxygens (including phenoxy) is 1. The molecule has 1 saturated heterocycles. The molecule has 4 N–H and O–H groups in total. The number of ketones is 2. The zero-order valence-corrected chi connectivity index (χ0v) is 23.1. The van der Waals surface area contributed by atoms with Gasteiger partial charge in [0.2, 0.25) is 11.8 Å². The molecule has 0 aromatic heterocycles. The molecule has 0 saturated carbocycles. The van der Waals surface area contributed by atoms with E-state index in [1.54, 1.807) is 18.2 Å². The molecule has 2 amide bonds. The number of benzene rings is 1. The predicted octanol–water partition coefficient (Wildman–Crippen LogP) is 1.85. The summed E-state index contributed by atoms with van der Waals surface area (Å²) in [5.41, 5.74) is 5.89. The van der Waals surface area contributed by atoms with Crippen molar-refractivity contribution in [1.29, 1.82) is 0 Å². The molecule has 0 radical (unpaired) electrons. The fraction of sp³-hybridized carbons (Fsp3) is 0.593. The number of hydrogen-bond donors (Lipinski definition) is 3. The fourth-order valence-corrected chi connectivity index (χ4v) is 3.60. The smallest absolute Gasteiger partial charge is 0.229 e. The van der Waals surface area contributed by atoms with Gasteiger partial charge < -0.3 is 20.7 Å². The van der Waals surface area contributed by atoms with E-state index in [2.05, 4.69) is 36.4 Å². The van der Waals surface area contributed by atoms with Crippen LogP contribution < -0.4 is 21.1 Å². The number of piperidine rings is 1. The van der Waals surface area contributed by atoms with Crippen molar-refractivity contribution in [1.82, 2.24) is 15.5 Å². The minimum Gasteiger partial charge on any atom is -0.485 e. The van der Waals surface area contributed by atoms with Gasteiger partial charge in [0.05, 0.1) is 5.56 Å². The van der Waals surface area contributed by atoms with E-state index in [1.165, 1.54) is 13.8 Å². The standard InChI is InChI=1S/C12H12O4.C9H15NO2.C6H17N3/c1-8(14)10-4-3-5-11(16-7-6-13)12(10)9(2)15;1-3-6(2)7-4-5-8(11)10-9(7)12;1-8-4-6-9(2)5-3-7/h3-6H,7H2,1-2H3;6-7H,3-5H2,1-2H3,(H,10,11,12);8H,3-7H2,1-2H3. The molecule has 10 heteroatoms. The summed E-state index contributed by atoms with van der Waals surface area (Å²) in [7, 11) is 4.03. The average molecular weight is 521 g/mol. The number of carbonyl (C=O) groups is 5. The molecule has 0 spiro atoms. The lowest BCUT2D eigenvalue weighted by Crippen LogP contribution is -2.42. The quantitative estimate of drug-likeness (QED) is 0.213. The zero-order valence-electron chi connectivity index (χ0n) is 23.1. The second-order valence-corrected chi connectivity index (χ2v) is 8.91. The Hall–Kier alpha value is -2.95. The summed E-state index contributed by atoms with van der Waals surface area (Å²) < 4.78 is 5.10. The van der Waals surface area contributed by atoms with Crippen molar-refractivity contribution in [2.45, 2.75) is 47.0 Å². The SMILES string of the molecule is CC(=O)c1cccc(OCC=O)c1C(C)=O.CCC(C)C1CCC(=O)NC1=O.CNCCN(C)CCN. The maximum absolute atomic E-state index is 11.4. The molecule has 1 aliphatic heterocycles. The van der Waals surface area contributed by atoms with E-state index in [0.717, 1.165) is 39.0 Å². The van der Waals surface area contributed by atoms with Gasteiger partial charge in [-0.25, -0.2) is 0 Å². The molecule has 2 rings (SSSR count). The normalized spacial score (nSPS) is 15.4. The van der Waals surface area contributed by atoms with Crippen LogP contribution in [0.5, 0.6) is 5.75 Å². The van der Waals surface area contributed by atoms with Crippen LogP contribution in [0.2, 0.25) is 0 Å². The Bertz CT molecular complexity index is 890. The Morgan fingerprint density at radius 3 is 2.41 bits per heavy atom. The molecule has 2 unspecified atom stereocenters. The van der Waals surface area contributed by atoms with Gasteiger partial charge in [-0.05, 0) is 46.3 Å². The Labute approximate surface area is 220 Å². The molecule has 1 aromatic rings. The molecule has 208 valence electrons. The van der Waals surface area contributed by atoms with Crippen molar-refractivity contribution in [3.8, 4) is 5.75 Å². The van der Waals surface area contributed by atoms with E-state index in [4.69, 9.17) is 10.5 Å². The van der Waals surface area contributed by atoms with Crippen LogP contribution in [0.1, 0.15) is 67.7 Å². The fourth-order valence-electron chi connectivity index (χ4n) is 3.60. The molecule has 1 aliphatic rings. The number of likely N-dealkylation sites (N-methyl/N-ethyl adjacent to an activating group) is 2. The highest BCUT2D eigenvalue weighted by Crippen LogP contribution is 2.24. The topological polar surface area (TPSA) is 148 Å². The summed E-state index contributed by atoms with van der Waals surface area (Å²) in [6, 6.07) is 4.74. The molecular formula is C27H44N4O6. The highest BCUT2D eigenvalue weighted by atomic mass is 16.5. The van der Waals surface area contributed by atoms with Gasteiger partial charge in [-0.1, -0.05) is 32.4 Å². The van der Waals surface area contributed by atoms with Gasteiger partial charge >= 0.3 is 0 Å².